The van der Waals surface area contributed by atoms with Crippen molar-refractivity contribution >= 4 is 40.0 Å². The van der Waals surface area contributed by atoms with Crippen molar-refractivity contribution in [1.29, 1.82) is 0 Å². The quantitative estimate of drug-likeness (QED) is 0.352. The second kappa shape index (κ2) is 10.3. The molecule has 1 aliphatic heterocycles. The fourth-order valence-corrected chi connectivity index (χ4v) is 3.93. The van der Waals surface area contributed by atoms with Crippen LogP contribution in [-0.2, 0) is 16.6 Å². The SMILES string of the molecule is CN=C(NCc1ccc(S(N)(=O)=O)cc1)N1CCC(c2ccc(OC)cc2)C1.I. The zero-order valence-electron chi connectivity index (χ0n) is 16.5. The van der Waals surface area contributed by atoms with Crippen molar-refractivity contribution < 1.29 is 13.2 Å². The van der Waals surface area contributed by atoms with Crippen LogP contribution in [0.25, 0.3) is 0 Å². The number of guanidine groups is 1. The average Bonchev–Trinajstić information content (AvgIpc) is 3.18. The average molecular weight is 530 g/mol. The maximum atomic E-state index is 11.3. The van der Waals surface area contributed by atoms with Gasteiger partial charge in [-0.15, -0.1) is 24.0 Å². The molecule has 0 radical (unpaired) electrons. The second-order valence-electron chi connectivity index (χ2n) is 6.79. The van der Waals surface area contributed by atoms with Gasteiger partial charge in [0.15, 0.2) is 5.96 Å². The van der Waals surface area contributed by atoms with E-state index in [1.54, 1.807) is 26.3 Å². The third kappa shape index (κ3) is 6.06. The molecule has 3 N–H and O–H groups in total. The van der Waals surface area contributed by atoms with Gasteiger partial charge < -0.3 is 15.0 Å². The minimum atomic E-state index is -3.67. The Morgan fingerprint density at radius 2 is 1.86 bits per heavy atom. The third-order valence-electron chi connectivity index (χ3n) is 4.99. The van der Waals surface area contributed by atoms with Crippen molar-refractivity contribution in [1.82, 2.24) is 10.2 Å². The Balaban J connectivity index is 0.00000300. The number of hydrogen-bond acceptors (Lipinski definition) is 4. The summed E-state index contributed by atoms with van der Waals surface area (Å²) in [7, 11) is -0.224. The molecule has 1 unspecified atom stereocenters. The van der Waals surface area contributed by atoms with E-state index in [4.69, 9.17) is 9.88 Å². The molecule has 2 aromatic carbocycles. The Morgan fingerprint density at radius 3 is 2.41 bits per heavy atom. The first-order valence-corrected chi connectivity index (χ1v) is 10.7. The maximum absolute atomic E-state index is 11.3. The summed E-state index contributed by atoms with van der Waals surface area (Å²) < 4.78 is 27.9. The van der Waals surface area contributed by atoms with E-state index in [0.717, 1.165) is 36.8 Å². The molecule has 0 aliphatic carbocycles. The van der Waals surface area contributed by atoms with Crippen LogP contribution >= 0.6 is 24.0 Å². The minimum absolute atomic E-state index is 0. The fourth-order valence-electron chi connectivity index (χ4n) is 3.41. The summed E-state index contributed by atoms with van der Waals surface area (Å²) in [6, 6.07) is 14.8. The molecule has 9 heteroatoms. The molecule has 7 nitrogen and oxygen atoms in total. The lowest BCUT2D eigenvalue weighted by Crippen LogP contribution is -2.39. The van der Waals surface area contributed by atoms with Crippen LogP contribution < -0.4 is 15.2 Å². The van der Waals surface area contributed by atoms with Crippen LogP contribution in [0.4, 0.5) is 0 Å². The summed E-state index contributed by atoms with van der Waals surface area (Å²) in [4.78, 5) is 6.75. The van der Waals surface area contributed by atoms with Crippen molar-refractivity contribution in [3.63, 3.8) is 0 Å². The predicted octanol–water partition coefficient (Wildman–Crippen LogP) is 2.53. The van der Waals surface area contributed by atoms with Gasteiger partial charge in [-0.1, -0.05) is 24.3 Å². The molecule has 1 fully saturated rings. The van der Waals surface area contributed by atoms with Crippen molar-refractivity contribution in [2.75, 3.05) is 27.2 Å². The number of rotatable bonds is 5. The standard InChI is InChI=1S/C20H26N4O3S.HI/c1-22-20(23-13-15-3-9-19(10-4-15)28(21,25)26)24-12-11-17(14-24)16-5-7-18(27-2)8-6-16;/h3-10,17H,11-14H2,1-2H3,(H,22,23)(H2,21,25,26);1H. The van der Waals surface area contributed by atoms with Crippen LogP contribution in [0.15, 0.2) is 58.4 Å². The zero-order valence-corrected chi connectivity index (χ0v) is 19.7. The smallest absolute Gasteiger partial charge is 0.238 e. The number of ether oxygens (including phenoxy) is 1. The van der Waals surface area contributed by atoms with E-state index in [1.165, 1.54) is 17.7 Å². The fraction of sp³-hybridized carbons (Fsp3) is 0.350. The first-order valence-electron chi connectivity index (χ1n) is 9.12. The van der Waals surface area contributed by atoms with Gasteiger partial charge in [0.1, 0.15) is 5.75 Å². The molecule has 0 saturated carbocycles. The lowest BCUT2D eigenvalue weighted by atomic mass is 9.98. The van der Waals surface area contributed by atoms with Gasteiger partial charge in [0, 0.05) is 32.6 Å². The molecule has 1 aliphatic rings. The molecule has 3 rings (SSSR count). The predicted molar refractivity (Wildman–Crippen MR) is 125 cm³/mol. The molecule has 1 saturated heterocycles. The van der Waals surface area contributed by atoms with Crippen LogP contribution in [-0.4, -0.2) is 46.5 Å². The van der Waals surface area contributed by atoms with Crippen molar-refractivity contribution in [2.24, 2.45) is 10.1 Å². The van der Waals surface area contributed by atoms with Gasteiger partial charge in [0.2, 0.25) is 10.0 Å². The van der Waals surface area contributed by atoms with Crippen LogP contribution in [0.1, 0.15) is 23.5 Å². The van der Waals surface area contributed by atoms with Crippen LogP contribution in [0.2, 0.25) is 0 Å². The number of benzene rings is 2. The van der Waals surface area contributed by atoms with E-state index < -0.39 is 10.0 Å². The van der Waals surface area contributed by atoms with E-state index in [9.17, 15) is 8.42 Å². The van der Waals surface area contributed by atoms with Gasteiger partial charge in [-0.05, 0) is 41.8 Å². The van der Waals surface area contributed by atoms with E-state index >= 15 is 0 Å². The molecule has 1 heterocycles. The summed E-state index contributed by atoms with van der Waals surface area (Å²) >= 11 is 0. The molecule has 0 spiro atoms. The highest BCUT2D eigenvalue weighted by Gasteiger charge is 2.26. The monoisotopic (exact) mass is 530 g/mol. The Hall–Kier alpha value is -1.85. The van der Waals surface area contributed by atoms with E-state index in [-0.39, 0.29) is 28.9 Å². The lowest BCUT2D eigenvalue weighted by molar-refractivity contribution is 0.414. The molecule has 29 heavy (non-hydrogen) atoms. The Morgan fingerprint density at radius 1 is 1.21 bits per heavy atom. The molecule has 158 valence electrons. The van der Waals surface area contributed by atoms with Crippen LogP contribution in [0, 0.1) is 0 Å². The number of methoxy groups -OCH3 is 1. The molecular weight excluding hydrogens is 503 g/mol. The highest BCUT2D eigenvalue weighted by molar-refractivity contribution is 14.0. The van der Waals surface area contributed by atoms with Crippen molar-refractivity contribution in [3.05, 3.63) is 59.7 Å². The van der Waals surface area contributed by atoms with Gasteiger partial charge in [0.05, 0.1) is 12.0 Å². The topological polar surface area (TPSA) is 97.0 Å². The lowest BCUT2D eigenvalue weighted by Gasteiger charge is -2.22. The third-order valence-corrected chi connectivity index (χ3v) is 5.92. The number of sulfonamides is 1. The van der Waals surface area contributed by atoms with Crippen LogP contribution in [0.5, 0.6) is 5.75 Å². The van der Waals surface area contributed by atoms with Gasteiger partial charge in [0.25, 0.3) is 0 Å². The Labute approximate surface area is 189 Å². The van der Waals surface area contributed by atoms with Crippen molar-refractivity contribution in [2.45, 2.75) is 23.8 Å². The molecule has 0 bridgehead atoms. The molecular formula is C20H27IN4O3S. The second-order valence-corrected chi connectivity index (χ2v) is 8.36. The van der Waals surface area contributed by atoms with Crippen LogP contribution in [0.3, 0.4) is 0 Å². The first kappa shape index (κ1) is 23.4. The van der Waals surface area contributed by atoms with Gasteiger partial charge in [-0.2, -0.15) is 0 Å². The number of halogens is 1. The van der Waals surface area contributed by atoms with Crippen molar-refractivity contribution in [3.8, 4) is 5.75 Å². The number of nitrogens with one attached hydrogen (secondary N) is 1. The minimum Gasteiger partial charge on any atom is -0.497 e. The summed E-state index contributed by atoms with van der Waals surface area (Å²) in [6.07, 6.45) is 1.07. The van der Waals surface area contributed by atoms with Gasteiger partial charge in [-0.25, -0.2) is 13.6 Å². The normalized spacial score (nSPS) is 17.0. The first-order chi connectivity index (χ1) is 13.4. The van der Waals surface area contributed by atoms with Gasteiger partial charge in [-0.3, -0.25) is 4.99 Å². The van der Waals surface area contributed by atoms with Gasteiger partial charge >= 0.3 is 0 Å². The number of likely N-dealkylation sites (tertiary alicyclic amines) is 1. The summed E-state index contributed by atoms with van der Waals surface area (Å²) in [5.41, 5.74) is 2.26. The largest absolute Gasteiger partial charge is 0.497 e. The number of nitrogens with two attached hydrogens (primary N) is 1. The molecule has 1 atom stereocenters. The van der Waals surface area contributed by atoms with E-state index in [2.05, 4.69) is 27.3 Å². The molecule has 2 aromatic rings. The number of hydrogen-bond donors (Lipinski definition) is 2. The Bertz CT molecular complexity index is 931. The number of nitrogens with zero attached hydrogens (tertiary/aromatic N) is 2. The number of aliphatic imine (C=N–C) groups is 1. The Kier molecular flexibility index (Phi) is 8.29. The molecule has 0 aromatic heterocycles. The summed E-state index contributed by atoms with van der Waals surface area (Å²) in [5, 5.41) is 8.49. The maximum Gasteiger partial charge on any atom is 0.238 e. The molecule has 0 amide bonds. The highest BCUT2D eigenvalue weighted by atomic mass is 127. The summed E-state index contributed by atoms with van der Waals surface area (Å²) in [6.45, 7) is 2.39. The zero-order chi connectivity index (χ0) is 20.1. The number of primary sulfonamides is 1. The summed E-state index contributed by atoms with van der Waals surface area (Å²) in [5.74, 6) is 2.16. The highest BCUT2D eigenvalue weighted by Crippen LogP contribution is 2.28. The van der Waals surface area contributed by atoms with E-state index in [0.29, 0.717) is 12.5 Å². The van der Waals surface area contributed by atoms with E-state index in [1.807, 2.05) is 12.1 Å².